The second-order valence-corrected chi connectivity index (χ2v) is 9.96. The summed E-state index contributed by atoms with van der Waals surface area (Å²) in [6.45, 7) is 4.67. The lowest BCUT2D eigenvalue weighted by molar-refractivity contribution is -0.116. The number of halogens is 2. The van der Waals surface area contributed by atoms with E-state index in [0.717, 1.165) is 17.7 Å². The minimum Gasteiger partial charge on any atom is -0.349 e. The summed E-state index contributed by atoms with van der Waals surface area (Å²) in [5.74, 6) is 0.744. The van der Waals surface area contributed by atoms with Crippen LogP contribution in [0, 0.1) is 17.7 Å². The molecule has 3 atom stereocenters. The highest BCUT2D eigenvalue weighted by Crippen LogP contribution is 2.38. The molecular weight excluding hydrogens is 435 g/mol. The van der Waals surface area contributed by atoms with Crippen LogP contribution in [0.25, 0.3) is 0 Å². The molecule has 1 aliphatic heterocycles. The van der Waals surface area contributed by atoms with Crippen LogP contribution in [0.3, 0.4) is 0 Å². The number of hydrogen-bond donors (Lipinski definition) is 1. The Balaban J connectivity index is 1.58. The predicted molar refractivity (Wildman–Crippen MR) is 123 cm³/mol. The fourth-order valence-corrected chi connectivity index (χ4v) is 5.52. The molecule has 1 N–H and O–H groups in total. The second kappa shape index (κ2) is 9.21. The second-order valence-electron chi connectivity index (χ2n) is 8.53. The molecule has 2 aromatic rings. The van der Waals surface area contributed by atoms with Crippen molar-refractivity contribution >= 4 is 40.9 Å². The number of amides is 2. The van der Waals surface area contributed by atoms with Gasteiger partial charge >= 0.3 is 0 Å². The Hall–Kier alpha value is -2.05. The van der Waals surface area contributed by atoms with E-state index in [1.807, 2.05) is 12.1 Å². The van der Waals surface area contributed by atoms with Crippen molar-refractivity contribution in [3.05, 3.63) is 58.4 Å². The Labute approximate surface area is 191 Å². The maximum atomic E-state index is 13.4. The first-order chi connectivity index (χ1) is 14.8. The number of rotatable bonds is 4. The van der Waals surface area contributed by atoms with Gasteiger partial charge in [0.15, 0.2) is 0 Å². The van der Waals surface area contributed by atoms with Gasteiger partial charge in [-0.25, -0.2) is 4.39 Å². The van der Waals surface area contributed by atoms with Gasteiger partial charge in [0, 0.05) is 21.5 Å². The molecule has 0 spiro atoms. The van der Waals surface area contributed by atoms with Gasteiger partial charge in [0.25, 0.3) is 5.91 Å². The third-order valence-electron chi connectivity index (χ3n) is 6.53. The monoisotopic (exact) mass is 460 g/mol. The summed E-state index contributed by atoms with van der Waals surface area (Å²) in [7, 11) is 0. The molecule has 1 saturated carbocycles. The average Bonchev–Trinajstić information content (AvgIpc) is 2.74. The first kappa shape index (κ1) is 22.2. The Bertz CT molecular complexity index is 1020. The zero-order valence-electron chi connectivity index (χ0n) is 17.7. The van der Waals surface area contributed by atoms with E-state index in [2.05, 4.69) is 19.2 Å². The molecule has 0 saturated heterocycles. The molecule has 2 aliphatic rings. The highest BCUT2D eigenvalue weighted by molar-refractivity contribution is 8.00. The van der Waals surface area contributed by atoms with E-state index in [4.69, 9.17) is 11.6 Å². The molecule has 4 rings (SSSR count). The third-order valence-corrected chi connectivity index (χ3v) is 7.93. The highest BCUT2D eigenvalue weighted by Gasteiger charge is 2.30. The van der Waals surface area contributed by atoms with Crippen LogP contribution in [-0.2, 0) is 11.3 Å². The number of nitrogens with zero attached hydrogens (tertiary/aromatic N) is 1. The van der Waals surface area contributed by atoms with Crippen molar-refractivity contribution in [1.29, 1.82) is 0 Å². The fraction of sp³-hybridized carbons (Fsp3) is 0.417. The lowest BCUT2D eigenvalue weighted by Gasteiger charge is -2.34. The molecule has 1 fully saturated rings. The summed E-state index contributed by atoms with van der Waals surface area (Å²) < 4.78 is 13.4. The summed E-state index contributed by atoms with van der Waals surface area (Å²) in [5.41, 5.74) is 1.89. The molecule has 0 aromatic heterocycles. The van der Waals surface area contributed by atoms with Crippen LogP contribution >= 0.6 is 23.4 Å². The molecule has 1 heterocycles. The van der Waals surface area contributed by atoms with Crippen molar-refractivity contribution in [2.24, 2.45) is 11.8 Å². The quantitative estimate of drug-likeness (QED) is 0.639. The van der Waals surface area contributed by atoms with Crippen LogP contribution < -0.4 is 10.2 Å². The molecule has 7 heteroatoms. The van der Waals surface area contributed by atoms with Crippen molar-refractivity contribution in [2.45, 2.75) is 50.6 Å². The smallest absolute Gasteiger partial charge is 0.251 e. The Morgan fingerprint density at radius 3 is 2.81 bits per heavy atom. The van der Waals surface area contributed by atoms with E-state index in [1.54, 1.807) is 17.0 Å². The lowest BCUT2D eigenvalue weighted by atomic mass is 9.78. The molecule has 2 aromatic carbocycles. The van der Waals surface area contributed by atoms with Gasteiger partial charge in [0.05, 0.1) is 18.0 Å². The van der Waals surface area contributed by atoms with E-state index < -0.39 is 5.82 Å². The van der Waals surface area contributed by atoms with E-state index in [0.29, 0.717) is 34.4 Å². The van der Waals surface area contributed by atoms with Crippen LogP contribution in [0.15, 0.2) is 41.3 Å². The highest BCUT2D eigenvalue weighted by atomic mass is 35.5. The molecule has 2 amide bonds. The van der Waals surface area contributed by atoms with Gasteiger partial charge in [-0.2, -0.15) is 0 Å². The summed E-state index contributed by atoms with van der Waals surface area (Å²) in [4.78, 5) is 28.3. The topological polar surface area (TPSA) is 49.4 Å². The molecule has 0 bridgehead atoms. The summed E-state index contributed by atoms with van der Waals surface area (Å²) in [6, 6.07) is 9.83. The number of anilines is 1. The maximum Gasteiger partial charge on any atom is 0.251 e. The van der Waals surface area contributed by atoms with Gasteiger partial charge in [-0.3, -0.25) is 9.59 Å². The van der Waals surface area contributed by atoms with Crippen molar-refractivity contribution in [2.75, 3.05) is 10.7 Å². The molecule has 31 heavy (non-hydrogen) atoms. The molecular formula is C24H26ClFN2O2S. The summed E-state index contributed by atoms with van der Waals surface area (Å²) in [5, 5.41) is 3.48. The van der Waals surface area contributed by atoms with Crippen LogP contribution in [0.1, 0.15) is 49.0 Å². The SMILES string of the molecule is C[C@H]1[C@@H](NC(=O)c2ccc3c(c2)N(Cc2ccc(F)cc2Cl)C(=O)CS3)CCC[C@@H]1C. The van der Waals surface area contributed by atoms with Gasteiger partial charge in [-0.05, 0) is 54.2 Å². The van der Waals surface area contributed by atoms with E-state index >= 15 is 0 Å². The molecule has 4 nitrogen and oxygen atoms in total. The van der Waals surface area contributed by atoms with Crippen molar-refractivity contribution in [1.82, 2.24) is 5.32 Å². The number of thioether (sulfide) groups is 1. The van der Waals surface area contributed by atoms with Gasteiger partial charge in [-0.1, -0.05) is 44.4 Å². The number of carbonyl (C=O) groups excluding carboxylic acids is 2. The maximum absolute atomic E-state index is 13.4. The van der Waals surface area contributed by atoms with E-state index in [-0.39, 0.29) is 29.4 Å². The zero-order chi connectivity index (χ0) is 22.1. The third kappa shape index (κ3) is 4.75. The summed E-state index contributed by atoms with van der Waals surface area (Å²) >= 11 is 7.65. The first-order valence-corrected chi connectivity index (χ1v) is 12.0. The normalized spacial score (nSPS) is 23.4. The summed E-state index contributed by atoms with van der Waals surface area (Å²) in [6.07, 6.45) is 3.32. The number of nitrogens with one attached hydrogen (secondary N) is 1. The van der Waals surface area contributed by atoms with E-state index in [9.17, 15) is 14.0 Å². The molecule has 164 valence electrons. The standard InChI is InChI=1S/C24H26ClFN2O2S/c1-14-4-3-5-20(15(14)2)27-24(30)16-7-9-22-21(10-16)28(23(29)13-31-22)12-17-6-8-18(26)11-19(17)25/h6-11,14-15,20H,3-5,12-13H2,1-2H3,(H,27,30)/t14-,15+,20-/m0/s1. The van der Waals surface area contributed by atoms with Crippen LogP contribution in [-0.4, -0.2) is 23.6 Å². The van der Waals surface area contributed by atoms with Crippen LogP contribution in [0.5, 0.6) is 0 Å². The van der Waals surface area contributed by atoms with Gasteiger partial charge < -0.3 is 10.2 Å². The largest absolute Gasteiger partial charge is 0.349 e. The fourth-order valence-electron chi connectivity index (χ4n) is 4.37. The average molecular weight is 461 g/mol. The van der Waals surface area contributed by atoms with E-state index in [1.165, 1.54) is 30.3 Å². The molecule has 0 radical (unpaired) electrons. The Morgan fingerprint density at radius 2 is 2.03 bits per heavy atom. The number of benzene rings is 2. The van der Waals surface area contributed by atoms with Gasteiger partial charge in [0.2, 0.25) is 5.91 Å². The number of carbonyl (C=O) groups is 2. The van der Waals surface area contributed by atoms with Gasteiger partial charge in [-0.15, -0.1) is 11.8 Å². The van der Waals surface area contributed by atoms with Gasteiger partial charge in [0.1, 0.15) is 5.82 Å². The Kier molecular flexibility index (Phi) is 6.58. The lowest BCUT2D eigenvalue weighted by Crippen LogP contribution is -2.43. The van der Waals surface area contributed by atoms with Crippen LogP contribution in [0.4, 0.5) is 10.1 Å². The number of hydrogen-bond acceptors (Lipinski definition) is 3. The minimum absolute atomic E-state index is 0.0647. The molecule has 1 aliphatic carbocycles. The Morgan fingerprint density at radius 1 is 1.23 bits per heavy atom. The van der Waals surface area contributed by atoms with Crippen molar-refractivity contribution in [3.63, 3.8) is 0 Å². The van der Waals surface area contributed by atoms with Crippen LogP contribution in [0.2, 0.25) is 5.02 Å². The van der Waals surface area contributed by atoms with Crippen molar-refractivity contribution < 1.29 is 14.0 Å². The molecule has 0 unspecified atom stereocenters. The first-order valence-electron chi connectivity index (χ1n) is 10.7. The minimum atomic E-state index is -0.417. The zero-order valence-corrected chi connectivity index (χ0v) is 19.2. The predicted octanol–water partition coefficient (Wildman–Crippen LogP) is 5.67. The van der Waals surface area contributed by atoms with Crippen molar-refractivity contribution in [3.8, 4) is 0 Å². The number of fused-ring (bicyclic) bond motifs is 1.